The molecule has 0 unspecified atom stereocenters. The molecular formula is C16H12N4O3. The van der Waals surface area contributed by atoms with Gasteiger partial charge in [-0.05, 0) is 12.1 Å². The predicted octanol–water partition coefficient (Wildman–Crippen LogP) is 1.00. The van der Waals surface area contributed by atoms with Crippen LogP contribution in [-0.4, -0.2) is 11.2 Å². The molecule has 0 spiro atoms. The lowest BCUT2D eigenvalue weighted by atomic mass is 10.2. The summed E-state index contributed by atoms with van der Waals surface area (Å²) in [4.78, 5) is 23.9. The third-order valence-corrected chi connectivity index (χ3v) is 3.27. The summed E-state index contributed by atoms with van der Waals surface area (Å²) in [5, 5.41) is 19.3. The number of carbonyl (C=O) groups is 1. The van der Waals surface area contributed by atoms with Crippen molar-refractivity contribution < 1.29 is 10.0 Å². The molecular weight excluding hydrogens is 296 g/mol. The lowest BCUT2D eigenvalue weighted by molar-refractivity contribution is 0.252. The highest BCUT2D eigenvalue weighted by Crippen LogP contribution is 2.04. The molecule has 3 rings (SSSR count). The fraction of sp³-hybridized carbons (Fsp3) is 0. The fourth-order valence-electron chi connectivity index (χ4n) is 2.24. The molecule has 0 fully saturated rings. The molecule has 7 nitrogen and oxygen atoms in total. The average Bonchev–Trinajstić information content (AvgIpc) is 2.86. The van der Waals surface area contributed by atoms with Gasteiger partial charge in [0.15, 0.2) is 5.36 Å². The Hall–Kier alpha value is -3.48. The Balaban J connectivity index is 1.96. The number of nitrogens with one attached hydrogen (secondary N) is 2. The van der Waals surface area contributed by atoms with E-state index in [0.717, 1.165) is 0 Å². The highest BCUT2D eigenvalue weighted by atomic mass is 16.4. The summed E-state index contributed by atoms with van der Waals surface area (Å²) in [6.07, 6.45) is 0. The number of hydrogen-bond donors (Lipinski definition) is 3. The molecule has 23 heavy (non-hydrogen) atoms. The maximum Gasteiger partial charge on any atom is 0.339 e. The van der Waals surface area contributed by atoms with Crippen molar-refractivity contribution >= 4 is 22.5 Å². The van der Waals surface area contributed by atoms with Crippen LogP contribution in [0.15, 0.2) is 69.6 Å². The van der Waals surface area contributed by atoms with Crippen LogP contribution in [0.25, 0.3) is 10.8 Å². The first kappa shape index (κ1) is 14.5. The van der Waals surface area contributed by atoms with Crippen LogP contribution in [0.3, 0.4) is 0 Å². The van der Waals surface area contributed by atoms with E-state index in [4.69, 9.17) is 5.21 Å². The number of hydrogen-bond acceptors (Lipinski definition) is 5. The Labute approximate surface area is 129 Å². The van der Waals surface area contributed by atoms with E-state index in [9.17, 15) is 9.59 Å². The molecule has 0 saturated carbocycles. The van der Waals surface area contributed by atoms with Crippen molar-refractivity contribution in [2.45, 2.75) is 0 Å². The third kappa shape index (κ3) is 2.80. The Kier molecular flexibility index (Phi) is 3.84. The van der Waals surface area contributed by atoms with Gasteiger partial charge in [-0.15, -0.1) is 0 Å². The minimum atomic E-state index is -0.571. The van der Waals surface area contributed by atoms with Crippen molar-refractivity contribution in [1.29, 1.82) is 0 Å². The summed E-state index contributed by atoms with van der Waals surface area (Å²) >= 11 is 0. The van der Waals surface area contributed by atoms with Gasteiger partial charge in [0.1, 0.15) is 5.36 Å². The van der Waals surface area contributed by atoms with Crippen LogP contribution in [-0.2, 0) is 0 Å². The number of fused-ring (bicyclic) bond motifs is 1. The largest absolute Gasteiger partial charge is 0.410 e. The van der Waals surface area contributed by atoms with Crippen molar-refractivity contribution in [2.24, 2.45) is 10.3 Å². The highest BCUT2D eigenvalue weighted by Gasteiger charge is 2.09. The molecule has 0 bridgehead atoms. The predicted molar refractivity (Wildman–Crippen MR) is 84.1 cm³/mol. The zero-order valence-corrected chi connectivity index (χ0v) is 11.9. The Bertz CT molecular complexity index is 1020. The molecule has 0 aliphatic rings. The van der Waals surface area contributed by atoms with Crippen LogP contribution in [0.5, 0.6) is 0 Å². The zero-order chi connectivity index (χ0) is 16.2. The molecule has 7 heteroatoms. The van der Waals surface area contributed by atoms with Crippen LogP contribution in [0, 0.1) is 0 Å². The highest BCUT2D eigenvalue weighted by molar-refractivity contribution is 5.89. The van der Waals surface area contributed by atoms with Gasteiger partial charge in [-0.1, -0.05) is 47.6 Å². The molecule has 0 aliphatic carbocycles. The van der Waals surface area contributed by atoms with Gasteiger partial charge in [0.2, 0.25) is 5.43 Å². The summed E-state index contributed by atoms with van der Waals surface area (Å²) in [7, 11) is 0. The van der Waals surface area contributed by atoms with Crippen molar-refractivity contribution in [3.05, 3.63) is 75.5 Å². The number of carbonyl (C=O) groups excluding carboxylic acids is 1. The molecule has 0 heterocycles. The van der Waals surface area contributed by atoms with Crippen LogP contribution in [0.2, 0.25) is 0 Å². The van der Waals surface area contributed by atoms with Crippen molar-refractivity contribution in [3.8, 4) is 0 Å². The van der Waals surface area contributed by atoms with E-state index in [1.807, 2.05) is 6.07 Å². The summed E-state index contributed by atoms with van der Waals surface area (Å²) in [6.45, 7) is 0. The van der Waals surface area contributed by atoms with E-state index in [1.54, 1.807) is 48.5 Å². The van der Waals surface area contributed by atoms with Crippen LogP contribution >= 0.6 is 0 Å². The minimum absolute atomic E-state index is 0.122. The first-order valence-electron chi connectivity index (χ1n) is 6.77. The molecule has 0 radical (unpaired) electrons. The number of urea groups is 1. The number of benzene rings is 2. The van der Waals surface area contributed by atoms with Gasteiger partial charge < -0.3 is 10.5 Å². The smallest absolute Gasteiger partial charge is 0.339 e. The molecule has 3 aromatic rings. The van der Waals surface area contributed by atoms with E-state index in [-0.39, 0.29) is 10.7 Å². The SMILES string of the molecule is O=C(N/N=c1/c(=N\O)c(=O)c2ccccc12)Nc1ccccc1. The van der Waals surface area contributed by atoms with Gasteiger partial charge in [0.05, 0.1) is 0 Å². The molecule has 3 aromatic carbocycles. The maximum absolute atomic E-state index is 12.1. The Morgan fingerprint density at radius 3 is 2.26 bits per heavy atom. The summed E-state index contributed by atoms with van der Waals surface area (Å²) in [6, 6.07) is 15.0. The number of nitrogens with zero attached hydrogens (tertiary/aromatic N) is 2. The normalized spacial score (nSPS) is 12.5. The van der Waals surface area contributed by atoms with Crippen LogP contribution in [0.4, 0.5) is 10.5 Å². The van der Waals surface area contributed by atoms with Crippen molar-refractivity contribution in [3.63, 3.8) is 0 Å². The Morgan fingerprint density at radius 2 is 1.57 bits per heavy atom. The van der Waals surface area contributed by atoms with Crippen molar-refractivity contribution in [2.75, 3.05) is 5.32 Å². The second kappa shape index (κ2) is 6.10. The second-order valence-corrected chi connectivity index (χ2v) is 4.72. The average molecular weight is 308 g/mol. The van der Waals surface area contributed by atoms with Gasteiger partial charge in [-0.25, -0.2) is 10.2 Å². The number of anilines is 1. The fourth-order valence-corrected chi connectivity index (χ4v) is 2.24. The van der Waals surface area contributed by atoms with Crippen LogP contribution < -0.4 is 26.9 Å². The third-order valence-electron chi connectivity index (χ3n) is 3.27. The van der Waals surface area contributed by atoms with Gasteiger partial charge in [-0.3, -0.25) is 4.79 Å². The van der Waals surface area contributed by atoms with Gasteiger partial charge >= 0.3 is 6.03 Å². The second-order valence-electron chi connectivity index (χ2n) is 4.72. The quantitative estimate of drug-likeness (QED) is 0.486. The minimum Gasteiger partial charge on any atom is -0.410 e. The van der Waals surface area contributed by atoms with E-state index in [2.05, 4.69) is 21.0 Å². The monoisotopic (exact) mass is 308 g/mol. The molecule has 0 aromatic heterocycles. The summed E-state index contributed by atoms with van der Waals surface area (Å²) < 4.78 is 0. The van der Waals surface area contributed by atoms with E-state index in [1.165, 1.54) is 0 Å². The molecule has 2 amide bonds. The molecule has 0 saturated heterocycles. The summed E-state index contributed by atoms with van der Waals surface area (Å²) in [5.41, 5.74) is 2.46. The number of para-hydroxylation sites is 1. The first-order valence-corrected chi connectivity index (χ1v) is 6.77. The van der Waals surface area contributed by atoms with E-state index in [0.29, 0.717) is 16.5 Å². The molecule has 0 atom stereocenters. The number of amides is 2. The molecule has 114 valence electrons. The molecule has 0 aliphatic heterocycles. The number of rotatable bonds is 2. The van der Waals surface area contributed by atoms with E-state index < -0.39 is 11.5 Å². The van der Waals surface area contributed by atoms with E-state index >= 15 is 0 Å². The van der Waals surface area contributed by atoms with Gasteiger partial charge in [0.25, 0.3) is 0 Å². The molecule has 3 N–H and O–H groups in total. The van der Waals surface area contributed by atoms with Crippen molar-refractivity contribution in [1.82, 2.24) is 5.43 Å². The lowest BCUT2D eigenvalue weighted by Crippen LogP contribution is -2.36. The lowest BCUT2D eigenvalue weighted by Gasteiger charge is -2.02. The first-order chi connectivity index (χ1) is 11.2. The van der Waals surface area contributed by atoms with Gasteiger partial charge in [0, 0.05) is 16.5 Å². The maximum atomic E-state index is 12.1. The standard InChI is InChI=1S/C16H12N4O3/c21-15-12-9-5-4-8-11(12)13(14(15)20-23)18-19-16(22)17-10-6-2-1-3-7-10/h1-9,23H,(H2,17,19,22)/b18-13+,20-14+. The van der Waals surface area contributed by atoms with Crippen LogP contribution in [0.1, 0.15) is 0 Å². The zero-order valence-electron chi connectivity index (χ0n) is 11.9. The topological polar surface area (TPSA) is 103 Å². The summed E-state index contributed by atoms with van der Waals surface area (Å²) in [5.74, 6) is 0. The van der Waals surface area contributed by atoms with Gasteiger partial charge in [-0.2, -0.15) is 5.10 Å². The Morgan fingerprint density at radius 1 is 0.913 bits per heavy atom.